The maximum atomic E-state index is 13.7. The molecule has 2 aromatic rings. The summed E-state index contributed by atoms with van der Waals surface area (Å²) in [7, 11) is 0. The second-order valence-electron chi connectivity index (χ2n) is 9.92. The quantitative estimate of drug-likeness (QED) is 0.749. The van der Waals surface area contributed by atoms with E-state index < -0.39 is 0 Å². The lowest BCUT2D eigenvalue weighted by Gasteiger charge is -2.53. The molecule has 0 spiro atoms. The number of amides is 1. The van der Waals surface area contributed by atoms with Crippen LogP contribution in [0.5, 0.6) is 0 Å². The molecule has 3 heterocycles. The molecule has 2 aliphatic heterocycles. The number of morpholine rings is 1. The first kappa shape index (κ1) is 21.9. The molecule has 1 aromatic heterocycles. The van der Waals surface area contributed by atoms with Crippen molar-refractivity contribution in [3.8, 4) is 0 Å². The van der Waals surface area contributed by atoms with Gasteiger partial charge in [-0.25, -0.2) is 4.98 Å². The maximum absolute atomic E-state index is 13.7. The Morgan fingerprint density at radius 2 is 2.12 bits per heavy atom. The minimum Gasteiger partial charge on any atom is -0.379 e. The van der Waals surface area contributed by atoms with Crippen LogP contribution < -0.4 is 5.32 Å². The lowest BCUT2D eigenvalue weighted by molar-refractivity contribution is -0.145. The molecule has 174 valence electrons. The molecule has 2 saturated heterocycles. The van der Waals surface area contributed by atoms with Crippen molar-refractivity contribution in [1.82, 2.24) is 25.1 Å². The van der Waals surface area contributed by atoms with Gasteiger partial charge in [-0.3, -0.25) is 9.69 Å². The van der Waals surface area contributed by atoms with Gasteiger partial charge in [0.2, 0.25) is 5.91 Å². The number of nitrogens with zero attached hydrogens (tertiary/aromatic N) is 3. The highest BCUT2D eigenvalue weighted by atomic mass is 16.5. The van der Waals surface area contributed by atoms with Gasteiger partial charge in [-0.2, -0.15) is 0 Å². The number of benzene rings is 1. The Labute approximate surface area is 190 Å². The Kier molecular flexibility index (Phi) is 6.23. The van der Waals surface area contributed by atoms with E-state index in [0.29, 0.717) is 18.5 Å². The number of carbonyl (C=O) groups is 1. The fourth-order valence-corrected chi connectivity index (χ4v) is 6.28. The largest absolute Gasteiger partial charge is 0.379 e. The summed E-state index contributed by atoms with van der Waals surface area (Å²) in [5, 5.41) is 3.29. The van der Waals surface area contributed by atoms with Crippen LogP contribution in [0.4, 0.5) is 0 Å². The first-order valence-corrected chi connectivity index (χ1v) is 12.4. The van der Waals surface area contributed by atoms with Crippen molar-refractivity contribution in [2.24, 2.45) is 11.3 Å². The Morgan fingerprint density at radius 1 is 1.28 bits per heavy atom. The number of H-pyrrole nitrogens is 1. The summed E-state index contributed by atoms with van der Waals surface area (Å²) in [5.41, 5.74) is 2.90. The zero-order valence-corrected chi connectivity index (χ0v) is 19.5. The van der Waals surface area contributed by atoms with Crippen LogP contribution in [0.25, 0.3) is 11.0 Å². The molecule has 7 nitrogen and oxygen atoms in total. The average Bonchev–Trinajstić information content (AvgIpc) is 3.27. The minimum atomic E-state index is -0.279. The number of aryl methyl sites for hydroxylation is 1. The van der Waals surface area contributed by atoms with Crippen molar-refractivity contribution in [3.05, 3.63) is 29.6 Å². The molecule has 3 atom stereocenters. The first-order chi connectivity index (χ1) is 15.6. The number of fused-ring (bicyclic) bond motifs is 2. The van der Waals surface area contributed by atoms with Crippen LogP contribution in [0.2, 0.25) is 0 Å². The predicted molar refractivity (Wildman–Crippen MR) is 125 cm³/mol. The number of aromatic nitrogens is 2. The van der Waals surface area contributed by atoms with Gasteiger partial charge in [0.15, 0.2) is 0 Å². The molecule has 0 bridgehead atoms. The van der Waals surface area contributed by atoms with Gasteiger partial charge in [0.05, 0.1) is 36.2 Å². The molecule has 0 unspecified atom stereocenters. The normalized spacial score (nSPS) is 29.7. The highest BCUT2D eigenvalue weighted by Crippen LogP contribution is 2.47. The number of nitrogens with one attached hydrogen (secondary N) is 2. The molecule has 3 fully saturated rings. The van der Waals surface area contributed by atoms with Crippen molar-refractivity contribution in [2.75, 3.05) is 45.9 Å². The van der Waals surface area contributed by atoms with Crippen LogP contribution in [0, 0.1) is 18.3 Å². The fraction of sp³-hybridized carbons (Fsp3) is 0.680. The summed E-state index contributed by atoms with van der Waals surface area (Å²) in [6.07, 6.45) is 4.33. The van der Waals surface area contributed by atoms with Crippen LogP contribution in [-0.2, 0) is 16.1 Å². The molecular formula is C25H37N5O2. The third-order valence-electron chi connectivity index (χ3n) is 8.20. The summed E-state index contributed by atoms with van der Waals surface area (Å²) in [4.78, 5) is 26.9. The van der Waals surface area contributed by atoms with Crippen molar-refractivity contribution in [2.45, 2.75) is 52.1 Å². The second kappa shape index (κ2) is 9.12. The lowest BCUT2D eigenvalue weighted by Crippen LogP contribution is -2.60. The number of rotatable bonds is 5. The zero-order chi connectivity index (χ0) is 22.1. The number of para-hydroxylation sites is 1. The molecule has 3 aliphatic rings. The SMILES string of the molecule is CCN1CC[C@@H]2C[C@@H](N3CCOCC3)CC[C@@]2(C(=O)NCc2nc3c(C)cccc3[nH]2)C1. The number of hydrogen-bond acceptors (Lipinski definition) is 5. The van der Waals surface area contributed by atoms with Gasteiger partial charge >= 0.3 is 0 Å². The Morgan fingerprint density at radius 3 is 2.91 bits per heavy atom. The maximum Gasteiger partial charge on any atom is 0.228 e. The van der Waals surface area contributed by atoms with E-state index >= 15 is 0 Å². The number of piperidine rings is 1. The predicted octanol–water partition coefficient (Wildman–Crippen LogP) is 2.70. The highest BCUT2D eigenvalue weighted by molar-refractivity contribution is 5.84. The van der Waals surface area contributed by atoms with Crippen LogP contribution in [0.3, 0.4) is 0 Å². The molecule has 2 N–H and O–H groups in total. The molecule has 1 aromatic carbocycles. The third kappa shape index (κ3) is 4.06. The Bertz CT molecular complexity index is 953. The zero-order valence-electron chi connectivity index (χ0n) is 19.5. The second-order valence-corrected chi connectivity index (χ2v) is 9.92. The minimum absolute atomic E-state index is 0.221. The van der Waals surface area contributed by atoms with Crippen molar-refractivity contribution >= 4 is 16.9 Å². The summed E-state index contributed by atoms with van der Waals surface area (Å²) in [6, 6.07) is 6.75. The van der Waals surface area contributed by atoms with Crippen LogP contribution >= 0.6 is 0 Å². The van der Waals surface area contributed by atoms with E-state index in [2.05, 4.69) is 40.0 Å². The molecule has 32 heavy (non-hydrogen) atoms. The van der Waals surface area contributed by atoms with Gasteiger partial charge in [-0.05, 0) is 63.2 Å². The fourth-order valence-electron chi connectivity index (χ4n) is 6.28. The number of aromatic amines is 1. The third-order valence-corrected chi connectivity index (χ3v) is 8.20. The van der Waals surface area contributed by atoms with Crippen molar-refractivity contribution in [3.63, 3.8) is 0 Å². The van der Waals surface area contributed by atoms with E-state index in [0.717, 1.165) is 94.0 Å². The summed E-state index contributed by atoms with van der Waals surface area (Å²) >= 11 is 0. The smallest absolute Gasteiger partial charge is 0.228 e. The number of carbonyl (C=O) groups excluding carboxylic acids is 1. The molecule has 1 aliphatic carbocycles. The molecule has 7 heteroatoms. The van der Waals surface area contributed by atoms with Gasteiger partial charge in [-0.15, -0.1) is 0 Å². The van der Waals surface area contributed by atoms with Crippen LogP contribution in [0.1, 0.15) is 44.0 Å². The Balaban J connectivity index is 1.31. The topological polar surface area (TPSA) is 73.5 Å². The van der Waals surface area contributed by atoms with E-state index in [1.807, 2.05) is 12.1 Å². The van der Waals surface area contributed by atoms with Crippen LogP contribution in [-0.4, -0.2) is 77.7 Å². The molecule has 5 rings (SSSR count). The molecule has 0 radical (unpaired) electrons. The van der Waals surface area contributed by atoms with Gasteiger partial charge in [0.25, 0.3) is 0 Å². The van der Waals surface area contributed by atoms with E-state index in [1.165, 1.54) is 0 Å². The average molecular weight is 440 g/mol. The van der Waals surface area contributed by atoms with E-state index in [-0.39, 0.29) is 11.3 Å². The van der Waals surface area contributed by atoms with Gasteiger partial charge < -0.3 is 19.9 Å². The van der Waals surface area contributed by atoms with E-state index in [1.54, 1.807) is 0 Å². The Hall–Kier alpha value is -1.96. The molecule has 1 amide bonds. The van der Waals surface area contributed by atoms with Gasteiger partial charge in [0.1, 0.15) is 5.82 Å². The van der Waals surface area contributed by atoms with Crippen molar-refractivity contribution in [1.29, 1.82) is 0 Å². The number of likely N-dealkylation sites (tertiary alicyclic amines) is 1. The highest BCUT2D eigenvalue weighted by Gasteiger charge is 2.52. The number of imidazole rings is 1. The number of ether oxygens (including phenoxy) is 1. The standard InChI is InChI=1S/C25H37N5O2/c1-3-29-10-8-19-15-20(30-11-13-32-14-12-30)7-9-25(19,17-29)24(31)26-16-22-27-21-6-4-5-18(2)23(21)28-22/h4-6,19-20H,3,7-17H2,1-2H3,(H,26,31)(H,27,28)/t19-,20+,25-/m1/s1. The van der Waals surface area contributed by atoms with E-state index in [9.17, 15) is 4.79 Å². The summed E-state index contributed by atoms with van der Waals surface area (Å²) in [6.45, 7) is 11.5. The first-order valence-electron chi connectivity index (χ1n) is 12.4. The van der Waals surface area contributed by atoms with Crippen LogP contribution in [0.15, 0.2) is 18.2 Å². The van der Waals surface area contributed by atoms with Gasteiger partial charge in [-0.1, -0.05) is 19.1 Å². The summed E-state index contributed by atoms with van der Waals surface area (Å²) < 4.78 is 5.57. The molecular weight excluding hydrogens is 402 g/mol. The molecule has 1 saturated carbocycles. The monoisotopic (exact) mass is 439 g/mol. The van der Waals surface area contributed by atoms with Gasteiger partial charge in [0, 0.05) is 25.7 Å². The summed E-state index contributed by atoms with van der Waals surface area (Å²) in [5.74, 6) is 1.50. The number of hydrogen-bond donors (Lipinski definition) is 2. The van der Waals surface area contributed by atoms with Crippen molar-refractivity contribution < 1.29 is 9.53 Å². The lowest BCUT2D eigenvalue weighted by atomic mass is 9.61. The van der Waals surface area contributed by atoms with E-state index in [4.69, 9.17) is 9.72 Å².